The fourth-order valence-corrected chi connectivity index (χ4v) is 2.04. The van der Waals surface area contributed by atoms with E-state index in [9.17, 15) is 9.59 Å². The highest BCUT2D eigenvalue weighted by Crippen LogP contribution is 2.11. The molecule has 1 heterocycles. The average Bonchev–Trinajstić information content (AvgIpc) is 2.50. The predicted molar refractivity (Wildman–Crippen MR) is 81.1 cm³/mol. The van der Waals surface area contributed by atoms with E-state index in [2.05, 4.69) is 10.4 Å². The van der Waals surface area contributed by atoms with Crippen LogP contribution in [0.3, 0.4) is 0 Å². The number of aryl methyl sites for hydroxylation is 1. The van der Waals surface area contributed by atoms with Crippen LogP contribution < -0.4 is 10.9 Å². The third kappa shape index (κ3) is 3.78. The van der Waals surface area contributed by atoms with Crippen molar-refractivity contribution in [1.29, 1.82) is 0 Å². The smallest absolute Gasteiger partial charge is 0.272 e. The van der Waals surface area contributed by atoms with Gasteiger partial charge in [-0.25, -0.2) is 4.68 Å². The molecule has 2 rings (SSSR count). The Morgan fingerprint density at radius 2 is 1.95 bits per heavy atom. The van der Waals surface area contributed by atoms with Crippen molar-refractivity contribution in [3.8, 4) is 0 Å². The van der Waals surface area contributed by atoms with E-state index in [0.29, 0.717) is 6.54 Å². The SMILES string of the molecule is CCCn1nc(C(=O)NC(C)c2ccccc2)ccc1=O. The van der Waals surface area contributed by atoms with E-state index >= 15 is 0 Å². The minimum absolute atomic E-state index is 0.118. The van der Waals surface area contributed by atoms with E-state index in [1.165, 1.54) is 16.8 Å². The molecule has 1 atom stereocenters. The quantitative estimate of drug-likeness (QED) is 0.915. The highest BCUT2D eigenvalue weighted by atomic mass is 16.2. The van der Waals surface area contributed by atoms with Gasteiger partial charge in [-0.1, -0.05) is 37.3 Å². The second-order valence-corrected chi connectivity index (χ2v) is 4.89. The molecule has 0 aliphatic carbocycles. The van der Waals surface area contributed by atoms with E-state index in [1.54, 1.807) is 0 Å². The average molecular weight is 285 g/mol. The maximum absolute atomic E-state index is 12.2. The highest BCUT2D eigenvalue weighted by Gasteiger charge is 2.13. The van der Waals surface area contributed by atoms with Crippen LogP contribution in [-0.4, -0.2) is 15.7 Å². The standard InChI is InChI=1S/C16H19N3O2/c1-3-11-19-15(20)10-9-14(18-19)16(21)17-12(2)13-7-5-4-6-8-13/h4-10,12H,3,11H2,1-2H3,(H,17,21). The number of amides is 1. The van der Waals surface area contributed by atoms with Crippen molar-refractivity contribution >= 4 is 5.91 Å². The van der Waals surface area contributed by atoms with Crippen molar-refractivity contribution in [1.82, 2.24) is 15.1 Å². The Balaban J connectivity index is 2.13. The first kappa shape index (κ1) is 15.0. The Labute approximate surface area is 123 Å². The molecular weight excluding hydrogens is 266 g/mol. The van der Waals surface area contributed by atoms with Crippen LogP contribution in [0.4, 0.5) is 0 Å². The molecule has 5 nitrogen and oxygen atoms in total. The van der Waals surface area contributed by atoms with E-state index in [0.717, 1.165) is 12.0 Å². The molecule has 0 bridgehead atoms. The van der Waals surface area contributed by atoms with Crippen molar-refractivity contribution in [2.75, 3.05) is 0 Å². The zero-order valence-electron chi connectivity index (χ0n) is 12.2. The van der Waals surface area contributed by atoms with E-state index in [1.807, 2.05) is 44.2 Å². The summed E-state index contributed by atoms with van der Waals surface area (Å²) in [5, 5.41) is 6.99. The van der Waals surface area contributed by atoms with Gasteiger partial charge in [-0.05, 0) is 25.0 Å². The summed E-state index contributed by atoms with van der Waals surface area (Å²) in [7, 11) is 0. The number of benzene rings is 1. The van der Waals surface area contributed by atoms with Crippen molar-refractivity contribution in [3.63, 3.8) is 0 Å². The van der Waals surface area contributed by atoms with Gasteiger partial charge in [-0.2, -0.15) is 5.10 Å². The van der Waals surface area contributed by atoms with Crippen LogP contribution in [0.15, 0.2) is 47.3 Å². The molecule has 0 aliphatic rings. The van der Waals surface area contributed by atoms with Gasteiger partial charge < -0.3 is 5.32 Å². The second-order valence-electron chi connectivity index (χ2n) is 4.89. The Morgan fingerprint density at radius 3 is 2.62 bits per heavy atom. The van der Waals surface area contributed by atoms with Crippen molar-refractivity contribution in [2.45, 2.75) is 32.9 Å². The Morgan fingerprint density at radius 1 is 1.24 bits per heavy atom. The van der Waals surface area contributed by atoms with Gasteiger partial charge in [0.25, 0.3) is 11.5 Å². The minimum Gasteiger partial charge on any atom is -0.344 e. The lowest BCUT2D eigenvalue weighted by atomic mass is 10.1. The van der Waals surface area contributed by atoms with Gasteiger partial charge in [0.2, 0.25) is 0 Å². The number of rotatable bonds is 5. The van der Waals surface area contributed by atoms with E-state index in [4.69, 9.17) is 0 Å². The molecule has 21 heavy (non-hydrogen) atoms. The summed E-state index contributed by atoms with van der Waals surface area (Å²) in [5.41, 5.74) is 1.09. The van der Waals surface area contributed by atoms with Gasteiger partial charge in [0, 0.05) is 12.6 Å². The molecule has 1 amide bonds. The van der Waals surface area contributed by atoms with Gasteiger partial charge in [0.15, 0.2) is 0 Å². The van der Waals surface area contributed by atoms with Crippen molar-refractivity contribution in [2.24, 2.45) is 0 Å². The summed E-state index contributed by atoms with van der Waals surface area (Å²) in [5.74, 6) is -0.281. The van der Waals surface area contributed by atoms with Crippen LogP contribution in [0.5, 0.6) is 0 Å². The van der Waals surface area contributed by atoms with Gasteiger partial charge >= 0.3 is 0 Å². The maximum atomic E-state index is 12.2. The molecule has 0 saturated heterocycles. The number of aromatic nitrogens is 2. The van der Waals surface area contributed by atoms with Crippen LogP contribution in [-0.2, 0) is 6.54 Å². The number of nitrogens with one attached hydrogen (secondary N) is 1. The number of carbonyl (C=O) groups excluding carboxylic acids is 1. The van der Waals surface area contributed by atoms with Gasteiger partial charge in [-0.3, -0.25) is 9.59 Å². The Kier molecular flexibility index (Phi) is 4.87. The van der Waals surface area contributed by atoms with Gasteiger partial charge in [-0.15, -0.1) is 0 Å². The first-order valence-electron chi connectivity index (χ1n) is 7.05. The van der Waals surface area contributed by atoms with Crippen molar-refractivity contribution < 1.29 is 4.79 Å². The zero-order chi connectivity index (χ0) is 15.2. The summed E-state index contributed by atoms with van der Waals surface area (Å²) in [6.45, 7) is 4.38. The normalized spacial score (nSPS) is 11.9. The third-order valence-corrected chi connectivity index (χ3v) is 3.18. The molecule has 0 spiro atoms. The number of nitrogens with zero attached hydrogens (tertiary/aromatic N) is 2. The molecule has 1 aromatic carbocycles. The summed E-state index contributed by atoms with van der Waals surface area (Å²) < 4.78 is 1.32. The van der Waals surface area contributed by atoms with Crippen LogP contribution in [0.2, 0.25) is 0 Å². The van der Waals surface area contributed by atoms with Crippen LogP contribution >= 0.6 is 0 Å². The monoisotopic (exact) mass is 285 g/mol. The molecule has 1 N–H and O–H groups in total. The summed E-state index contributed by atoms with van der Waals surface area (Å²) >= 11 is 0. The molecule has 0 aliphatic heterocycles. The predicted octanol–water partition coefficient (Wildman–Crippen LogP) is 2.14. The second kappa shape index (κ2) is 6.83. The lowest BCUT2D eigenvalue weighted by Gasteiger charge is -2.14. The lowest BCUT2D eigenvalue weighted by Crippen LogP contribution is -2.31. The molecule has 1 aromatic heterocycles. The Hall–Kier alpha value is -2.43. The molecule has 2 aromatic rings. The third-order valence-electron chi connectivity index (χ3n) is 3.18. The van der Waals surface area contributed by atoms with E-state index in [-0.39, 0.29) is 23.2 Å². The fourth-order valence-electron chi connectivity index (χ4n) is 2.04. The largest absolute Gasteiger partial charge is 0.344 e. The maximum Gasteiger partial charge on any atom is 0.272 e. The number of carbonyl (C=O) groups is 1. The first-order valence-corrected chi connectivity index (χ1v) is 7.05. The molecule has 0 saturated carbocycles. The first-order chi connectivity index (χ1) is 10.1. The minimum atomic E-state index is -0.281. The van der Waals surface area contributed by atoms with Gasteiger partial charge in [0.1, 0.15) is 5.69 Å². The van der Waals surface area contributed by atoms with Crippen LogP contribution in [0.1, 0.15) is 42.4 Å². The zero-order valence-corrected chi connectivity index (χ0v) is 12.2. The Bertz CT molecular complexity index is 665. The topological polar surface area (TPSA) is 64.0 Å². The molecule has 0 fully saturated rings. The number of hydrogen-bond acceptors (Lipinski definition) is 3. The van der Waals surface area contributed by atoms with Crippen molar-refractivity contribution in [3.05, 3.63) is 64.1 Å². The number of hydrogen-bond donors (Lipinski definition) is 1. The van der Waals surface area contributed by atoms with E-state index < -0.39 is 0 Å². The molecule has 0 radical (unpaired) electrons. The highest BCUT2D eigenvalue weighted by molar-refractivity contribution is 5.92. The van der Waals surface area contributed by atoms with Crippen LogP contribution in [0.25, 0.3) is 0 Å². The molecular formula is C16H19N3O2. The molecule has 1 unspecified atom stereocenters. The summed E-state index contributed by atoms with van der Waals surface area (Å²) in [6, 6.07) is 12.4. The molecule has 110 valence electrons. The lowest BCUT2D eigenvalue weighted by molar-refractivity contribution is 0.0932. The fraction of sp³-hybridized carbons (Fsp3) is 0.312. The summed E-state index contributed by atoms with van der Waals surface area (Å²) in [6.07, 6.45) is 0.790. The van der Waals surface area contributed by atoms with Gasteiger partial charge in [0.05, 0.1) is 6.04 Å². The van der Waals surface area contributed by atoms with Crippen LogP contribution in [0, 0.1) is 0 Å². The molecule has 5 heteroatoms. The summed E-state index contributed by atoms with van der Waals surface area (Å²) in [4.78, 5) is 23.8.